The summed E-state index contributed by atoms with van der Waals surface area (Å²) >= 11 is 0. The monoisotopic (exact) mass is 260 g/mol. The molecule has 0 heterocycles. The summed E-state index contributed by atoms with van der Waals surface area (Å²) in [5.41, 5.74) is -0.181. The van der Waals surface area contributed by atoms with E-state index in [0.29, 0.717) is 12.8 Å². The van der Waals surface area contributed by atoms with Gasteiger partial charge in [-0.1, -0.05) is 44.2 Å². The second-order valence-corrected chi connectivity index (χ2v) is 4.52. The molecule has 0 saturated heterocycles. The van der Waals surface area contributed by atoms with Gasteiger partial charge in [-0.2, -0.15) is 5.26 Å². The van der Waals surface area contributed by atoms with Crippen molar-refractivity contribution in [1.29, 1.82) is 5.26 Å². The molecule has 0 aliphatic carbocycles. The van der Waals surface area contributed by atoms with Crippen LogP contribution in [0, 0.1) is 16.7 Å². The minimum Gasteiger partial charge on any atom is -0.394 e. The predicted octanol–water partition coefficient (Wildman–Crippen LogP) is 2.17. The minimum atomic E-state index is -1.01. The molecule has 1 aromatic carbocycles. The van der Waals surface area contributed by atoms with Crippen molar-refractivity contribution in [2.75, 3.05) is 6.61 Å². The van der Waals surface area contributed by atoms with E-state index in [2.05, 4.69) is 11.4 Å². The zero-order chi connectivity index (χ0) is 14.3. The largest absolute Gasteiger partial charge is 0.394 e. The Morgan fingerprint density at radius 1 is 1.37 bits per heavy atom. The number of nitrogens with zero attached hydrogens (tertiary/aromatic N) is 1. The van der Waals surface area contributed by atoms with Crippen LogP contribution in [0.1, 0.15) is 38.3 Å². The molecule has 0 fully saturated rings. The molecule has 102 valence electrons. The van der Waals surface area contributed by atoms with E-state index in [4.69, 9.17) is 0 Å². The first-order valence-corrected chi connectivity index (χ1v) is 6.51. The van der Waals surface area contributed by atoms with Crippen molar-refractivity contribution in [2.45, 2.75) is 32.7 Å². The number of amides is 1. The van der Waals surface area contributed by atoms with Crippen LogP contribution in [0.3, 0.4) is 0 Å². The Morgan fingerprint density at radius 2 is 1.95 bits per heavy atom. The number of nitriles is 1. The van der Waals surface area contributed by atoms with Gasteiger partial charge in [-0.05, 0) is 18.4 Å². The molecule has 1 amide bonds. The van der Waals surface area contributed by atoms with Crippen LogP contribution < -0.4 is 5.32 Å². The van der Waals surface area contributed by atoms with Gasteiger partial charge in [-0.15, -0.1) is 0 Å². The molecule has 0 saturated carbocycles. The van der Waals surface area contributed by atoms with Gasteiger partial charge in [-0.25, -0.2) is 0 Å². The molecule has 0 spiro atoms. The van der Waals surface area contributed by atoms with E-state index in [9.17, 15) is 15.2 Å². The maximum Gasteiger partial charge on any atom is 0.241 e. The first-order chi connectivity index (χ1) is 9.13. The summed E-state index contributed by atoms with van der Waals surface area (Å²) < 4.78 is 0. The number of hydrogen-bond acceptors (Lipinski definition) is 3. The molecule has 0 unspecified atom stereocenters. The lowest BCUT2D eigenvalue weighted by Crippen LogP contribution is -2.42. The lowest BCUT2D eigenvalue weighted by atomic mass is 9.82. The number of aliphatic hydroxyl groups is 1. The van der Waals surface area contributed by atoms with Gasteiger partial charge in [0, 0.05) is 0 Å². The normalized spacial score (nSPS) is 12.5. The lowest BCUT2D eigenvalue weighted by Gasteiger charge is -2.25. The van der Waals surface area contributed by atoms with E-state index < -0.39 is 11.5 Å². The van der Waals surface area contributed by atoms with Crippen LogP contribution in [0.2, 0.25) is 0 Å². The summed E-state index contributed by atoms with van der Waals surface area (Å²) in [7, 11) is 0. The highest BCUT2D eigenvalue weighted by atomic mass is 16.3. The predicted molar refractivity (Wildman–Crippen MR) is 73.0 cm³/mol. The highest BCUT2D eigenvalue weighted by Crippen LogP contribution is 2.26. The maximum atomic E-state index is 12.3. The molecule has 4 heteroatoms. The van der Waals surface area contributed by atoms with Gasteiger partial charge in [0.15, 0.2) is 0 Å². The summed E-state index contributed by atoms with van der Waals surface area (Å²) in [6, 6.07) is 10.9. The van der Waals surface area contributed by atoms with Crippen molar-refractivity contribution in [3.63, 3.8) is 0 Å². The Hall–Kier alpha value is -1.86. The molecular formula is C15H20N2O2. The van der Waals surface area contributed by atoms with Gasteiger partial charge >= 0.3 is 0 Å². The Balaban J connectivity index is 2.88. The molecule has 0 bridgehead atoms. The van der Waals surface area contributed by atoms with Crippen molar-refractivity contribution in [1.82, 2.24) is 5.32 Å². The molecule has 1 rings (SSSR count). The number of benzene rings is 1. The highest BCUT2D eigenvalue weighted by molar-refractivity contribution is 5.85. The second kappa shape index (κ2) is 6.91. The smallest absolute Gasteiger partial charge is 0.241 e. The van der Waals surface area contributed by atoms with Crippen LogP contribution in [-0.2, 0) is 4.79 Å². The number of carbonyl (C=O) groups excluding carboxylic acids is 1. The van der Waals surface area contributed by atoms with Gasteiger partial charge in [0.2, 0.25) is 5.91 Å². The molecule has 0 aliphatic heterocycles. The summed E-state index contributed by atoms with van der Waals surface area (Å²) in [5, 5.41) is 21.4. The zero-order valence-corrected chi connectivity index (χ0v) is 11.4. The standard InChI is InChI=1S/C15H20N2O2/c1-3-15(4-2,11-16)14(19)17-13(10-18)12-8-6-5-7-9-12/h5-9,13,18H,3-4,10H2,1-2H3,(H,17,19)/t13-/m0/s1. The van der Waals surface area contributed by atoms with Crippen molar-refractivity contribution < 1.29 is 9.90 Å². The molecule has 0 radical (unpaired) electrons. The summed E-state index contributed by atoms with van der Waals surface area (Å²) in [6.45, 7) is 3.45. The molecule has 1 aromatic rings. The second-order valence-electron chi connectivity index (χ2n) is 4.52. The maximum absolute atomic E-state index is 12.3. The number of aliphatic hydroxyl groups excluding tert-OH is 1. The fraction of sp³-hybridized carbons (Fsp3) is 0.467. The average molecular weight is 260 g/mol. The summed E-state index contributed by atoms with van der Waals surface area (Å²) in [5.74, 6) is -0.317. The highest BCUT2D eigenvalue weighted by Gasteiger charge is 2.36. The number of nitrogens with one attached hydrogen (secondary N) is 1. The third-order valence-corrected chi connectivity index (χ3v) is 3.55. The van der Waals surface area contributed by atoms with Crippen LogP contribution in [0.5, 0.6) is 0 Å². The van der Waals surface area contributed by atoms with E-state index in [1.165, 1.54) is 0 Å². The average Bonchev–Trinajstić information content (AvgIpc) is 2.48. The van der Waals surface area contributed by atoms with E-state index in [1.54, 1.807) is 0 Å². The molecule has 1 atom stereocenters. The Labute approximate surface area is 114 Å². The van der Waals surface area contributed by atoms with Crippen LogP contribution in [-0.4, -0.2) is 17.6 Å². The van der Waals surface area contributed by atoms with Gasteiger partial charge in [0.05, 0.1) is 18.7 Å². The van der Waals surface area contributed by atoms with Crippen molar-refractivity contribution in [3.05, 3.63) is 35.9 Å². The number of hydrogen-bond donors (Lipinski definition) is 2. The number of carbonyl (C=O) groups is 1. The SMILES string of the molecule is CCC(C#N)(CC)C(=O)N[C@@H](CO)c1ccccc1. The van der Waals surface area contributed by atoms with Crippen molar-refractivity contribution in [3.8, 4) is 6.07 Å². The Morgan fingerprint density at radius 3 is 2.37 bits per heavy atom. The van der Waals surface area contributed by atoms with E-state index in [1.807, 2.05) is 44.2 Å². The van der Waals surface area contributed by atoms with Crippen molar-refractivity contribution >= 4 is 5.91 Å². The summed E-state index contributed by atoms with van der Waals surface area (Å²) in [4.78, 5) is 12.3. The van der Waals surface area contributed by atoms with Gasteiger partial charge in [-0.3, -0.25) is 4.79 Å². The van der Waals surface area contributed by atoms with Gasteiger partial charge in [0.25, 0.3) is 0 Å². The quantitative estimate of drug-likeness (QED) is 0.823. The van der Waals surface area contributed by atoms with E-state index in [0.717, 1.165) is 5.56 Å². The van der Waals surface area contributed by atoms with Crippen LogP contribution in [0.15, 0.2) is 30.3 Å². The minimum absolute atomic E-state index is 0.190. The third kappa shape index (κ3) is 3.33. The zero-order valence-electron chi connectivity index (χ0n) is 11.4. The molecule has 4 nitrogen and oxygen atoms in total. The van der Waals surface area contributed by atoms with Crippen LogP contribution in [0.4, 0.5) is 0 Å². The first-order valence-electron chi connectivity index (χ1n) is 6.51. The molecule has 0 aliphatic rings. The third-order valence-electron chi connectivity index (χ3n) is 3.55. The molecular weight excluding hydrogens is 240 g/mol. The number of rotatable bonds is 6. The molecule has 19 heavy (non-hydrogen) atoms. The van der Waals surface area contributed by atoms with Crippen LogP contribution in [0.25, 0.3) is 0 Å². The van der Waals surface area contributed by atoms with Crippen molar-refractivity contribution in [2.24, 2.45) is 5.41 Å². The fourth-order valence-corrected chi connectivity index (χ4v) is 2.00. The molecule has 0 aromatic heterocycles. The van der Waals surface area contributed by atoms with E-state index in [-0.39, 0.29) is 12.5 Å². The Bertz CT molecular complexity index is 447. The van der Waals surface area contributed by atoms with Gasteiger partial charge in [0.1, 0.15) is 5.41 Å². The lowest BCUT2D eigenvalue weighted by molar-refractivity contribution is -0.129. The Kier molecular flexibility index (Phi) is 5.53. The topological polar surface area (TPSA) is 73.1 Å². The first kappa shape index (κ1) is 15.2. The fourth-order valence-electron chi connectivity index (χ4n) is 2.00. The summed E-state index contributed by atoms with van der Waals surface area (Å²) in [6.07, 6.45) is 0.914. The van der Waals surface area contributed by atoms with Gasteiger partial charge < -0.3 is 10.4 Å². The molecule has 2 N–H and O–H groups in total. The van der Waals surface area contributed by atoms with Crippen LogP contribution >= 0.6 is 0 Å². The van der Waals surface area contributed by atoms with E-state index >= 15 is 0 Å².